The van der Waals surface area contributed by atoms with Gasteiger partial charge in [-0.2, -0.15) is 13.2 Å². The van der Waals surface area contributed by atoms with E-state index >= 15 is 0 Å². The van der Waals surface area contributed by atoms with Gasteiger partial charge in [0.05, 0.1) is 12.1 Å². The van der Waals surface area contributed by atoms with E-state index in [0.717, 1.165) is 18.2 Å². The molecule has 0 aromatic heterocycles. The normalized spacial score (nSPS) is 10.9. The number of nitrogens with zero attached hydrogens (tertiary/aromatic N) is 1. The maximum Gasteiger partial charge on any atom is 0.416 e. The lowest BCUT2D eigenvalue weighted by Crippen LogP contribution is -2.09. The van der Waals surface area contributed by atoms with Crippen LogP contribution in [-0.2, 0) is 17.5 Å². The lowest BCUT2D eigenvalue weighted by atomic mass is 10.1. The van der Waals surface area contributed by atoms with Crippen LogP contribution in [0.15, 0.2) is 23.2 Å². The molecule has 1 aromatic carbocycles. The summed E-state index contributed by atoms with van der Waals surface area (Å²) >= 11 is 0. The highest BCUT2D eigenvalue weighted by Gasteiger charge is 2.33. The molecule has 0 aliphatic carbocycles. The Labute approximate surface area is 82.2 Å². The molecule has 0 heterocycles. The Morgan fingerprint density at radius 1 is 1.33 bits per heavy atom. The Kier molecular flexibility index (Phi) is 3.21. The third-order valence-corrected chi connectivity index (χ3v) is 1.69. The Morgan fingerprint density at radius 2 is 2.00 bits per heavy atom. The van der Waals surface area contributed by atoms with E-state index in [0.29, 0.717) is 6.07 Å². The van der Waals surface area contributed by atoms with Gasteiger partial charge in [0.15, 0.2) is 0 Å². The second-order valence-corrected chi connectivity index (χ2v) is 2.71. The van der Waals surface area contributed by atoms with Crippen molar-refractivity contribution in [2.45, 2.75) is 12.7 Å². The molecule has 0 fully saturated rings. The fraction of sp³-hybridized carbons (Fsp3) is 0.222. The maximum absolute atomic E-state index is 12.6. The molecule has 0 aliphatic heterocycles. The third-order valence-electron chi connectivity index (χ3n) is 1.69. The van der Waals surface area contributed by atoms with Gasteiger partial charge >= 0.3 is 6.18 Å². The van der Waals surface area contributed by atoms with Crippen molar-refractivity contribution in [1.82, 2.24) is 0 Å². The number of benzene rings is 1. The standard InChI is InChI=1S/C9H5F4NO/c10-7-2-1-6(4-14-5-15)8(3-7)9(11,12)13/h1-3H,4H2. The van der Waals surface area contributed by atoms with E-state index in [1.165, 1.54) is 0 Å². The van der Waals surface area contributed by atoms with E-state index in [9.17, 15) is 22.4 Å². The van der Waals surface area contributed by atoms with E-state index in [1.54, 1.807) is 0 Å². The van der Waals surface area contributed by atoms with E-state index < -0.39 is 24.1 Å². The minimum Gasteiger partial charge on any atom is -0.211 e. The lowest BCUT2D eigenvalue weighted by molar-refractivity contribution is -0.138. The van der Waals surface area contributed by atoms with Crippen LogP contribution in [0.25, 0.3) is 0 Å². The highest BCUT2D eigenvalue weighted by molar-refractivity contribution is 5.36. The zero-order chi connectivity index (χ0) is 11.5. The van der Waals surface area contributed by atoms with Gasteiger partial charge in [-0.05, 0) is 17.7 Å². The van der Waals surface area contributed by atoms with Crippen LogP contribution in [0.5, 0.6) is 0 Å². The Bertz CT molecular complexity index is 407. The molecular weight excluding hydrogens is 214 g/mol. The van der Waals surface area contributed by atoms with Crippen LogP contribution < -0.4 is 0 Å². The largest absolute Gasteiger partial charge is 0.416 e. The molecule has 0 unspecified atom stereocenters. The molecule has 6 heteroatoms. The van der Waals surface area contributed by atoms with Gasteiger partial charge in [0.2, 0.25) is 6.08 Å². The molecule has 80 valence electrons. The van der Waals surface area contributed by atoms with Gasteiger partial charge in [0, 0.05) is 0 Å². The molecule has 0 radical (unpaired) electrons. The highest BCUT2D eigenvalue weighted by Crippen LogP contribution is 2.32. The third kappa shape index (κ3) is 2.89. The van der Waals surface area contributed by atoms with E-state index in [4.69, 9.17) is 0 Å². The van der Waals surface area contributed by atoms with Crippen molar-refractivity contribution in [3.63, 3.8) is 0 Å². The Morgan fingerprint density at radius 3 is 2.53 bits per heavy atom. The molecule has 0 spiro atoms. The van der Waals surface area contributed by atoms with Crippen molar-refractivity contribution in [3.05, 3.63) is 35.1 Å². The van der Waals surface area contributed by atoms with Gasteiger partial charge in [-0.15, -0.1) is 0 Å². The van der Waals surface area contributed by atoms with Crippen molar-refractivity contribution in [1.29, 1.82) is 0 Å². The molecule has 15 heavy (non-hydrogen) atoms. The first-order valence-corrected chi connectivity index (χ1v) is 3.84. The molecule has 0 N–H and O–H groups in total. The summed E-state index contributed by atoms with van der Waals surface area (Å²) in [6.07, 6.45) is -3.53. The summed E-state index contributed by atoms with van der Waals surface area (Å²) in [5, 5.41) is 0. The fourth-order valence-electron chi connectivity index (χ4n) is 1.07. The first-order valence-electron chi connectivity index (χ1n) is 3.84. The van der Waals surface area contributed by atoms with E-state index in [2.05, 4.69) is 4.99 Å². The number of halogens is 4. The predicted octanol–water partition coefficient (Wildman–Crippen LogP) is 2.68. The Hall–Kier alpha value is -1.68. The van der Waals surface area contributed by atoms with E-state index in [1.807, 2.05) is 0 Å². The minimum atomic E-state index is -4.66. The molecular formula is C9H5F4NO. The molecule has 0 bridgehead atoms. The van der Waals surface area contributed by atoms with Crippen LogP contribution >= 0.6 is 0 Å². The lowest BCUT2D eigenvalue weighted by Gasteiger charge is -2.10. The quantitative estimate of drug-likeness (QED) is 0.427. The summed E-state index contributed by atoms with van der Waals surface area (Å²) < 4.78 is 49.6. The van der Waals surface area contributed by atoms with Gasteiger partial charge in [-0.25, -0.2) is 14.2 Å². The van der Waals surface area contributed by atoms with Crippen LogP contribution in [0.2, 0.25) is 0 Å². The number of alkyl halides is 3. The van der Waals surface area contributed by atoms with Crippen LogP contribution in [-0.4, -0.2) is 6.08 Å². The first kappa shape index (κ1) is 11.4. The predicted molar refractivity (Wildman–Crippen MR) is 43.2 cm³/mol. The van der Waals surface area contributed by atoms with Crippen molar-refractivity contribution >= 4 is 6.08 Å². The van der Waals surface area contributed by atoms with Crippen molar-refractivity contribution in [2.75, 3.05) is 0 Å². The summed E-state index contributed by atoms with van der Waals surface area (Å²) in [4.78, 5) is 12.8. The zero-order valence-electron chi connectivity index (χ0n) is 7.31. The van der Waals surface area contributed by atoms with Crippen molar-refractivity contribution in [3.8, 4) is 0 Å². The number of aliphatic imine (C=N–C) groups is 1. The molecule has 1 rings (SSSR count). The SMILES string of the molecule is O=C=NCc1ccc(F)cc1C(F)(F)F. The smallest absolute Gasteiger partial charge is 0.211 e. The van der Waals surface area contributed by atoms with Crippen LogP contribution in [0.1, 0.15) is 11.1 Å². The molecule has 0 saturated carbocycles. The molecule has 1 aromatic rings. The summed E-state index contributed by atoms with van der Waals surface area (Å²) in [5.74, 6) is -0.985. The maximum atomic E-state index is 12.6. The first-order chi connectivity index (χ1) is 6.95. The molecule has 0 atom stereocenters. The second-order valence-electron chi connectivity index (χ2n) is 2.71. The molecule has 2 nitrogen and oxygen atoms in total. The summed E-state index contributed by atoms with van der Waals surface area (Å²) in [6.45, 7) is -0.460. The van der Waals surface area contributed by atoms with Gasteiger partial charge in [-0.1, -0.05) is 6.07 Å². The van der Waals surface area contributed by atoms with E-state index in [-0.39, 0.29) is 5.56 Å². The highest BCUT2D eigenvalue weighted by atomic mass is 19.4. The average molecular weight is 219 g/mol. The number of carbonyl (C=O) groups excluding carboxylic acids is 1. The number of rotatable bonds is 2. The van der Waals surface area contributed by atoms with Crippen LogP contribution in [0.3, 0.4) is 0 Å². The van der Waals surface area contributed by atoms with Gasteiger partial charge in [0.25, 0.3) is 0 Å². The topological polar surface area (TPSA) is 29.4 Å². The van der Waals surface area contributed by atoms with Crippen molar-refractivity contribution < 1.29 is 22.4 Å². The second kappa shape index (κ2) is 4.23. The number of hydrogen-bond donors (Lipinski definition) is 0. The zero-order valence-corrected chi connectivity index (χ0v) is 7.31. The summed E-state index contributed by atoms with van der Waals surface area (Å²) in [6, 6.07) is 2.19. The van der Waals surface area contributed by atoms with Gasteiger partial charge in [-0.3, -0.25) is 0 Å². The van der Waals surface area contributed by atoms with Gasteiger partial charge < -0.3 is 0 Å². The summed E-state index contributed by atoms with van der Waals surface area (Å²) in [5.41, 5.74) is -1.38. The van der Waals surface area contributed by atoms with Crippen LogP contribution in [0, 0.1) is 5.82 Å². The summed E-state index contributed by atoms with van der Waals surface area (Å²) in [7, 11) is 0. The Balaban J connectivity index is 3.20. The molecule has 0 aliphatic rings. The molecule has 0 amide bonds. The van der Waals surface area contributed by atoms with Gasteiger partial charge in [0.1, 0.15) is 5.82 Å². The monoisotopic (exact) mass is 219 g/mol. The van der Waals surface area contributed by atoms with Crippen LogP contribution in [0.4, 0.5) is 17.6 Å². The minimum absolute atomic E-state index is 0.257. The van der Waals surface area contributed by atoms with Crippen molar-refractivity contribution in [2.24, 2.45) is 4.99 Å². The number of hydrogen-bond acceptors (Lipinski definition) is 2. The average Bonchev–Trinajstić information content (AvgIpc) is 2.14. The molecule has 0 saturated heterocycles. The number of isocyanates is 1. The fourth-order valence-corrected chi connectivity index (χ4v) is 1.07.